The summed E-state index contributed by atoms with van der Waals surface area (Å²) in [6.45, 7) is 0.456. The minimum atomic E-state index is -0.0233. The lowest BCUT2D eigenvalue weighted by Crippen LogP contribution is -1.96. The Morgan fingerprint density at radius 2 is 1.73 bits per heavy atom. The summed E-state index contributed by atoms with van der Waals surface area (Å²) >= 11 is 9.40. The smallest absolute Gasteiger partial charge is 0.185 e. The largest absolute Gasteiger partial charge is 0.488 e. The maximum Gasteiger partial charge on any atom is 0.185 e. The number of ether oxygens (including phenoxy) is 1. The van der Waals surface area contributed by atoms with Gasteiger partial charge in [-0.15, -0.1) is 0 Å². The Balaban J connectivity index is 1.64. The summed E-state index contributed by atoms with van der Waals surface area (Å²) in [7, 11) is 0. The van der Waals surface area contributed by atoms with Crippen LogP contribution in [0.15, 0.2) is 83.3 Å². The third-order valence-electron chi connectivity index (χ3n) is 3.75. The van der Waals surface area contributed by atoms with E-state index in [0.717, 1.165) is 21.3 Å². The Bertz CT molecular complexity index is 919. The first kappa shape index (κ1) is 18.4. The van der Waals surface area contributed by atoms with Gasteiger partial charge >= 0.3 is 0 Å². The first-order chi connectivity index (χ1) is 12.6. The molecule has 26 heavy (non-hydrogen) atoms. The fourth-order valence-corrected chi connectivity index (χ4v) is 2.99. The molecule has 0 saturated heterocycles. The normalized spacial score (nSPS) is 10.8. The van der Waals surface area contributed by atoms with Gasteiger partial charge in [0.2, 0.25) is 0 Å². The monoisotopic (exact) mass is 426 g/mol. The number of hydrogen-bond acceptors (Lipinski definition) is 2. The average Bonchev–Trinajstić information content (AvgIpc) is 2.67. The number of rotatable bonds is 6. The molecule has 0 N–H and O–H groups in total. The predicted molar refractivity (Wildman–Crippen MR) is 110 cm³/mol. The molecule has 0 atom stereocenters. The van der Waals surface area contributed by atoms with E-state index >= 15 is 0 Å². The van der Waals surface area contributed by atoms with Crippen molar-refractivity contribution in [1.82, 2.24) is 0 Å². The van der Waals surface area contributed by atoms with Gasteiger partial charge in [0.25, 0.3) is 0 Å². The summed E-state index contributed by atoms with van der Waals surface area (Å²) in [6, 6.07) is 22.5. The molecule has 2 nitrogen and oxygen atoms in total. The van der Waals surface area contributed by atoms with Crippen LogP contribution in [0.3, 0.4) is 0 Å². The van der Waals surface area contributed by atoms with Crippen LogP contribution in [0.25, 0.3) is 6.08 Å². The predicted octanol–water partition coefficient (Wildman–Crippen LogP) is 6.58. The molecule has 0 fully saturated rings. The first-order valence-corrected chi connectivity index (χ1v) is 9.23. The second-order valence-electron chi connectivity index (χ2n) is 5.67. The number of ketones is 1. The van der Waals surface area contributed by atoms with Crippen molar-refractivity contribution in [3.8, 4) is 5.75 Å². The molecule has 0 saturated carbocycles. The summed E-state index contributed by atoms with van der Waals surface area (Å²) in [6.07, 6.45) is 3.37. The van der Waals surface area contributed by atoms with Gasteiger partial charge in [-0.25, -0.2) is 0 Å². The van der Waals surface area contributed by atoms with Crippen molar-refractivity contribution >= 4 is 39.4 Å². The van der Waals surface area contributed by atoms with Gasteiger partial charge in [-0.2, -0.15) is 0 Å². The van der Waals surface area contributed by atoms with E-state index in [4.69, 9.17) is 16.3 Å². The molecule has 0 spiro atoms. The molecule has 3 aromatic carbocycles. The molecular formula is C22H16BrClO2. The number of allylic oxidation sites excluding steroid dienone is 1. The van der Waals surface area contributed by atoms with Crippen LogP contribution in [-0.4, -0.2) is 5.78 Å². The van der Waals surface area contributed by atoms with Crippen molar-refractivity contribution in [2.75, 3.05) is 0 Å². The first-order valence-electron chi connectivity index (χ1n) is 8.06. The van der Waals surface area contributed by atoms with Gasteiger partial charge in [0.15, 0.2) is 5.78 Å². The topological polar surface area (TPSA) is 26.3 Å². The maximum absolute atomic E-state index is 12.1. The molecule has 0 bridgehead atoms. The van der Waals surface area contributed by atoms with Crippen LogP contribution in [0.5, 0.6) is 5.75 Å². The third-order valence-corrected chi connectivity index (χ3v) is 4.62. The van der Waals surface area contributed by atoms with Gasteiger partial charge < -0.3 is 4.74 Å². The van der Waals surface area contributed by atoms with Crippen molar-refractivity contribution in [2.24, 2.45) is 0 Å². The van der Waals surface area contributed by atoms with E-state index < -0.39 is 0 Å². The van der Waals surface area contributed by atoms with Gasteiger partial charge in [0.05, 0.1) is 4.47 Å². The highest BCUT2D eigenvalue weighted by atomic mass is 79.9. The lowest BCUT2D eigenvalue weighted by molar-refractivity contribution is 0.104. The summed E-state index contributed by atoms with van der Waals surface area (Å²) in [5, 5.41) is 0.705. The van der Waals surface area contributed by atoms with Crippen LogP contribution in [0, 0.1) is 0 Å². The fraction of sp³-hybridized carbons (Fsp3) is 0.0455. The van der Waals surface area contributed by atoms with E-state index in [-0.39, 0.29) is 5.78 Å². The molecule has 0 aromatic heterocycles. The molecule has 0 aliphatic heterocycles. The van der Waals surface area contributed by atoms with Gasteiger partial charge in [0, 0.05) is 10.6 Å². The zero-order valence-corrected chi connectivity index (χ0v) is 16.2. The maximum atomic E-state index is 12.1. The summed E-state index contributed by atoms with van der Waals surface area (Å²) in [5.41, 5.74) is 2.63. The van der Waals surface area contributed by atoms with Crippen molar-refractivity contribution in [3.63, 3.8) is 0 Å². The fourth-order valence-electron chi connectivity index (χ4n) is 2.35. The van der Waals surface area contributed by atoms with Gasteiger partial charge in [-0.1, -0.05) is 66.2 Å². The molecule has 4 heteroatoms. The summed E-state index contributed by atoms with van der Waals surface area (Å²) < 4.78 is 6.67. The average molecular weight is 428 g/mol. The van der Waals surface area contributed by atoms with Crippen LogP contribution in [-0.2, 0) is 6.61 Å². The van der Waals surface area contributed by atoms with Crippen molar-refractivity contribution in [2.45, 2.75) is 6.61 Å². The van der Waals surface area contributed by atoms with E-state index in [1.807, 2.05) is 60.7 Å². The van der Waals surface area contributed by atoms with Crippen LogP contribution < -0.4 is 4.74 Å². The number of hydrogen-bond donors (Lipinski definition) is 0. The Morgan fingerprint density at radius 3 is 2.42 bits per heavy atom. The van der Waals surface area contributed by atoms with E-state index in [1.165, 1.54) is 0 Å². The molecule has 0 aliphatic carbocycles. The van der Waals surface area contributed by atoms with Crippen LogP contribution >= 0.6 is 27.5 Å². The Morgan fingerprint density at radius 1 is 1.00 bits per heavy atom. The molecule has 3 aromatic rings. The molecule has 0 aliphatic rings. The highest BCUT2D eigenvalue weighted by Gasteiger charge is 2.04. The zero-order valence-electron chi connectivity index (χ0n) is 13.9. The molecule has 3 rings (SSSR count). The van der Waals surface area contributed by atoms with E-state index in [1.54, 1.807) is 24.3 Å². The van der Waals surface area contributed by atoms with Crippen molar-refractivity contribution in [1.29, 1.82) is 0 Å². The number of carbonyl (C=O) groups excluding carboxylic acids is 1. The number of halogens is 2. The number of benzene rings is 3. The van der Waals surface area contributed by atoms with Crippen LogP contribution in [0.2, 0.25) is 5.02 Å². The highest BCUT2D eigenvalue weighted by molar-refractivity contribution is 9.10. The third kappa shape index (κ3) is 5.07. The Kier molecular flexibility index (Phi) is 6.26. The van der Waals surface area contributed by atoms with Gasteiger partial charge in [0.1, 0.15) is 12.4 Å². The molecule has 0 heterocycles. The highest BCUT2D eigenvalue weighted by Crippen LogP contribution is 2.27. The number of carbonyl (C=O) groups is 1. The molecular weight excluding hydrogens is 412 g/mol. The standard InChI is InChI=1S/C22H16BrClO2/c23-20-14-16(8-12-21(25)18-4-2-1-3-5-18)9-13-22(20)26-15-17-6-10-19(24)11-7-17/h1-14H,15H2/b12-8+. The van der Waals surface area contributed by atoms with Crippen molar-refractivity contribution < 1.29 is 9.53 Å². The minimum absolute atomic E-state index is 0.0233. The molecule has 130 valence electrons. The van der Waals surface area contributed by atoms with Crippen LogP contribution in [0.4, 0.5) is 0 Å². The molecule has 0 unspecified atom stereocenters. The Hall–Kier alpha value is -2.36. The van der Waals surface area contributed by atoms with E-state index in [9.17, 15) is 4.79 Å². The second kappa shape index (κ2) is 8.84. The van der Waals surface area contributed by atoms with Crippen molar-refractivity contribution in [3.05, 3.63) is 105 Å². The van der Waals surface area contributed by atoms with E-state index in [2.05, 4.69) is 15.9 Å². The minimum Gasteiger partial charge on any atom is -0.488 e. The summed E-state index contributed by atoms with van der Waals surface area (Å²) in [4.78, 5) is 12.1. The quantitative estimate of drug-likeness (QED) is 0.328. The molecule has 0 radical (unpaired) electrons. The molecule has 0 amide bonds. The zero-order chi connectivity index (χ0) is 18.4. The lowest BCUT2D eigenvalue weighted by atomic mass is 10.1. The lowest BCUT2D eigenvalue weighted by Gasteiger charge is -2.09. The summed E-state index contributed by atoms with van der Waals surface area (Å²) in [5.74, 6) is 0.719. The SMILES string of the molecule is O=C(/C=C/c1ccc(OCc2ccc(Cl)cc2)c(Br)c1)c1ccccc1. The van der Waals surface area contributed by atoms with Gasteiger partial charge in [-0.05, 0) is 57.4 Å². The van der Waals surface area contributed by atoms with Crippen LogP contribution in [0.1, 0.15) is 21.5 Å². The van der Waals surface area contributed by atoms with Gasteiger partial charge in [-0.3, -0.25) is 4.79 Å². The van der Waals surface area contributed by atoms with E-state index in [0.29, 0.717) is 17.2 Å². The Labute approximate surface area is 166 Å². The second-order valence-corrected chi connectivity index (χ2v) is 6.96.